The molecule has 10 heteroatoms. The Balaban J connectivity index is 3.16. The molecule has 0 aliphatic rings. The van der Waals surface area contributed by atoms with Crippen LogP contribution in [-0.4, -0.2) is 29.1 Å². The van der Waals surface area contributed by atoms with Crippen LogP contribution < -0.4 is 0 Å². The highest BCUT2D eigenvalue weighted by Crippen LogP contribution is 2.53. The number of alkyl halides is 9. The van der Waals surface area contributed by atoms with Crippen LogP contribution in [0, 0.1) is 0 Å². The number of benzene rings is 1. The third kappa shape index (κ3) is 3.03. The minimum atomic E-state index is -6.90. The lowest BCUT2D eigenvalue weighted by molar-refractivity contribution is -0.395. The lowest BCUT2D eigenvalue weighted by Crippen LogP contribution is -2.61. The van der Waals surface area contributed by atoms with Crippen LogP contribution in [0.1, 0.15) is 5.56 Å². The van der Waals surface area contributed by atoms with Crippen molar-refractivity contribution in [2.24, 2.45) is 0 Å². The number of hydrogen-bond donors (Lipinski definition) is 1. The second-order valence-corrected chi connectivity index (χ2v) is 4.20. The third-order valence-corrected chi connectivity index (χ3v) is 2.55. The number of phenolic OH excluding ortho intramolecular Hbond substituents is 1. The van der Waals surface area contributed by atoms with E-state index >= 15 is 0 Å². The first-order valence-corrected chi connectivity index (χ1v) is 5.20. The molecular weight excluding hydrogens is 319 g/mol. The van der Waals surface area contributed by atoms with Gasteiger partial charge in [-0.25, -0.2) is 0 Å². The van der Waals surface area contributed by atoms with Crippen molar-refractivity contribution in [3.05, 3.63) is 29.8 Å². The number of rotatable bonds is 4. The van der Waals surface area contributed by atoms with Crippen LogP contribution in [-0.2, 0) is 6.42 Å². The molecule has 0 radical (unpaired) electrons. The predicted octanol–water partition coefficient (Wildman–Crippen LogP) is 4.40. The molecule has 0 saturated heterocycles. The maximum absolute atomic E-state index is 13.2. The molecule has 0 aliphatic carbocycles. The number of hydrogen-bond acceptors (Lipinski definition) is 1. The monoisotopic (exact) mass is 326 g/mol. The average Bonchev–Trinajstić information content (AvgIpc) is 2.26. The predicted molar refractivity (Wildman–Crippen MR) is 52.7 cm³/mol. The van der Waals surface area contributed by atoms with E-state index in [0.29, 0.717) is 6.07 Å². The molecule has 0 aliphatic heterocycles. The molecule has 1 N–H and O–H groups in total. The zero-order chi connectivity index (χ0) is 16.7. The Morgan fingerprint density at radius 1 is 0.810 bits per heavy atom. The zero-order valence-electron chi connectivity index (χ0n) is 9.87. The summed E-state index contributed by atoms with van der Waals surface area (Å²) >= 11 is 0. The van der Waals surface area contributed by atoms with Crippen molar-refractivity contribution in [3.8, 4) is 5.75 Å². The van der Waals surface area contributed by atoms with Gasteiger partial charge in [-0.3, -0.25) is 0 Å². The van der Waals surface area contributed by atoms with E-state index in [-0.39, 0.29) is 0 Å². The van der Waals surface area contributed by atoms with E-state index in [1.165, 1.54) is 0 Å². The topological polar surface area (TPSA) is 20.2 Å². The van der Waals surface area contributed by atoms with E-state index in [4.69, 9.17) is 5.11 Å². The Bertz CT molecular complexity index is 507. The fourth-order valence-corrected chi connectivity index (χ4v) is 1.44. The molecule has 0 atom stereocenters. The second-order valence-electron chi connectivity index (χ2n) is 4.20. The minimum absolute atomic E-state index is 0.551. The lowest BCUT2D eigenvalue weighted by atomic mass is 9.97. The summed E-state index contributed by atoms with van der Waals surface area (Å²) in [5.41, 5.74) is -0.724. The van der Waals surface area contributed by atoms with Gasteiger partial charge < -0.3 is 5.11 Å². The summed E-state index contributed by atoms with van der Waals surface area (Å²) in [4.78, 5) is 0. The molecule has 21 heavy (non-hydrogen) atoms. The molecule has 0 saturated carbocycles. The summed E-state index contributed by atoms with van der Waals surface area (Å²) < 4.78 is 113. The second kappa shape index (κ2) is 4.99. The fraction of sp³-hybridized carbons (Fsp3) is 0.455. The van der Waals surface area contributed by atoms with E-state index in [2.05, 4.69) is 0 Å². The van der Waals surface area contributed by atoms with E-state index in [9.17, 15) is 39.5 Å². The summed E-state index contributed by atoms with van der Waals surface area (Å²) in [7, 11) is 0. The maximum atomic E-state index is 13.2. The van der Waals surface area contributed by atoms with E-state index in [1.54, 1.807) is 0 Å². The molecule has 0 bridgehead atoms. The zero-order valence-corrected chi connectivity index (χ0v) is 9.87. The van der Waals surface area contributed by atoms with Gasteiger partial charge in [-0.15, -0.1) is 0 Å². The number of halogens is 9. The summed E-state index contributed by atoms with van der Waals surface area (Å²) in [6.45, 7) is 0. The first-order valence-electron chi connectivity index (χ1n) is 5.20. The van der Waals surface area contributed by atoms with Crippen molar-refractivity contribution in [1.82, 2.24) is 0 Å². The molecule has 1 nitrogen and oxygen atoms in total. The van der Waals surface area contributed by atoms with Crippen molar-refractivity contribution in [2.45, 2.75) is 30.4 Å². The highest BCUT2D eigenvalue weighted by Gasteiger charge is 2.81. The average molecular weight is 326 g/mol. The molecule has 0 heterocycles. The van der Waals surface area contributed by atoms with Gasteiger partial charge in [-0.05, 0) is 17.7 Å². The van der Waals surface area contributed by atoms with Gasteiger partial charge >= 0.3 is 23.9 Å². The van der Waals surface area contributed by atoms with Crippen LogP contribution in [0.25, 0.3) is 0 Å². The van der Waals surface area contributed by atoms with Gasteiger partial charge in [0.1, 0.15) is 5.75 Å². The van der Waals surface area contributed by atoms with Crippen LogP contribution in [0.4, 0.5) is 39.5 Å². The van der Waals surface area contributed by atoms with Crippen molar-refractivity contribution in [3.63, 3.8) is 0 Å². The Labute approximate surface area is 112 Å². The van der Waals surface area contributed by atoms with E-state index in [1.807, 2.05) is 0 Å². The Hall–Kier alpha value is -1.61. The normalized spacial score (nSPS) is 14.3. The molecular formula is C11H7F9O. The van der Waals surface area contributed by atoms with E-state index < -0.39 is 41.7 Å². The van der Waals surface area contributed by atoms with Gasteiger partial charge in [0.05, 0.1) is 0 Å². The van der Waals surface area contributed by atoms with Crippen LogP contribution >= 0.6 is 0 Å². The van der Waals surface area contributed by atoms with Gasteiger partial charge in [0, 0.05) is 6.42 Å². The van der Waals surface area contributed by atoms with Gasteiger partial charge in [0.2, 0.25) is 0 Å². The van der Waals surface area contributed by atoms with Crippen LogP contribution in [0.15, 0.2) is 24.3 Å². The molecule has 1 aromatic carbocycles. The van der Waals surface area contributed by atoms with E-state index in [0.717, 1.165) is 18.2 Å². The Morgan fingerprint density at radius 3 is 1.76 bits per heavy atom. The molecule has 0 unspecified atom stereocenters. The van der Waals surface area contributed by atoms with Crippen LogP contribution in [0.3, 0.4) is 0 Å². The molecule has 0 aromatic heterocycles. The molecule has 120 valence electrons. The molecule has 0 fully saturated rings. The van der Waals surface area contributed by atoms with Crippen molar-refractivity contribution < 1.29 is 44.6 Å². The standard InChI is InChI=1S/C11H7F9O/c12-8(13,5-6-2-1-3-7(21)4-6)9(14,15)10(16,17)11(18,19)20/h1-4,21H,5H2. The highest BCUT2D eigenvalue weighted by molar-refractivity contribution is 5.28. The van der Waals surface area contributed by atoms with Crippen molar-refractivity contribution in [1.29, 1.82) is 0 Å². The third-order valence-electron chi connectivity index (χ3n) is 2.55. The smallest absolute Gasteiger partial charge is 0.460 e. The molecule has 1 aromatic rings. The number of phenols is 1. The summed E-state index contributed by atoms with van der Waals surface area (Å²) in [5.74, 6) is -19.9. The maximum Gasteiger partial charge on any atom is 0.460 e. The Morgan fingerprint density at radius 2 is 1.33 bits per heavy atom. The quantitative estimate of drug-likeness (QED) is 0.813. The molecule has 0 amide bonds. The largest absolute Gasteiger partial charge is 0.508 e. The number of aromatic hydroxyl groups is 1. The Kier molecular flexibility index (Phi) is 4.14. The van der Waals surface area contributed by atoms with Crippen LogP contribution in [0.2, 0.25) is 0 Å². The van der Waals surface area contributed by atoms with Gasteiger partial charge in [-0.1, -0.05) is 12.1 Å². The molecule has 0 spiro atoms. The van der Waals surface area contributed by atoms with Crippen molar-refractivity contribution in [2.75, 3.05) is 0 Å². The van der Waals surface area contributed by atoms with Crippen LogP contribution in [0.5, 0.6) is 5.75 Å². The van der Waals surface area contributed by atoms with Gasteiger partial charge in [0.15, 0.2) is 0 Å². The van der Waals surface area contributed by atoms with Gasteiger partial charge in [0.25, 0.3) is 0 Å². The summed E-state index contributed by atoms with van der Waals surface area (Å²) in [6.07, 6.45) is -8.93. The minimum Gasteiger partial charge on any atom is -0.508 e. The lowest BCUT2D eigenvalue weighted by Gasteiger charge is -2.33. The molecule has 1 rings (SSSR count). The van der Waals surface area contributed by atoms with Crippen molar-refractivity contribution >= 4 is 0 Å². The SMILES string of the molecule is Oc1cccc(CC(F)(F)C(F)(F)C(F)(F)C(F)(F)F)c1. The van der Waals surface area contributed by atoms with Gasteiger partial charge in [-0.2, -0.15) is 39.5 Å². The summed E-state index contributed by atoms with van der Waals surface area (Å²) in [5, 5.41) is 8.94. The summed E-state index contributed by atoms with van der Waals surface area (Å²) in [6, 6.07) is 3.25. The first kappa shape index (κ1) is 17.4. The highest BCUT2D eigenvalue weighted by atomic mass is 19.4. The first-order chi connectivity index (χ1) is 9.22. The fourth-order valence-electron chi connectivity index (χ4n) is 1.44.